The number of methoxy groups -OCH3 is 1. The Labute approximate surface area is 247 Å². The minimum absolute atomic E-state index is 0.165. The third-order valence-corrected chi connectivity index (χ3v) is 8.28. The zero-order valence-electron chi connectivity index (χ0n) is 22.9. The SMILES string of the molecule is COc1nc2ccccc2cc1-c1cnc([C@H](CCCCCC(=O)c2ccccc2SC)NC(=O)c2cnsc2)[nH]1. The van der Waals surface area contributed by atoms with Gasteiger partial charge in [-0.3, -0.25) is 9.59 Å². The summed E-state index contributed by atoms with van der Waals surface area (Å²) in [6.45, 7) is 0. The van der Waals surface area contributed by atoms with Crippen LogP contribution in [-0.4, -0.2) is 44.4 Å². The van der Waals surface area contributed by atoms with E-state index in [0.29, 0.717) is 30.1 Å². The van der Waals surface area contributed by atoms with Crippen molar-refractivity contribution < 1.29 is 14.3 Å². The number of ether oxygens (including phenoxy) is 1. The molecule has 0 saturated heterocycles. The van der Waals surface area contributed by atoms with Crippen LogP contribution in [0.1, 0.15) is 64.7 Å². The second-order valence-corrected chi connectivity index (χ2v) is 11.1. The number of amides is 1. The summed E-state index contributed by atoms with van der Waals surface area (Å²) in [4.78, 5) is 39.4. The van der Waals surface area contributed by atoms with E-state index >= 15 is 0 Å². The van der Waals surface area contributed by atoms with Gasteiger partial charge < -0.3 is 15.0 Å². The Balaban J connectivity index is 1.29. The first kappa shape index (κ1) is 28.5. The maximum atomic E-state index is 12.9. The van der Waals surface area contributed by atoms with Gasteiger partial charge in [-0.05, 0) is 48.8 Å². The van der Waals surface area contributed by atoms with Crippen molar-refractivity contribution in [1.29, 1.82) is 0 Å². The molecule has 0 aliphatic rings. The fourth-order valence-electron chi connectivity index (χ4n) is 4.75. The summed E-state index contributed by atoms with van der Waals surface area (Å²) in [7, 11) is 1.60. The molecular weight excluding hydrogens is 555 g/mol. The van der Waals surface area contributed by atoms with E-state index in [1.165, 1.54) is 11.5 Å². The molecule has 0 bridgehead atoms. The first-order valence-corrected chi connectivity index (χ1v) is 15.5. The number of carbonyl (C=O) groups excluding carboxylic acids is 2. The average molecular weight is 586 g/mol. The normalized spacial score (nSPS) is 11.9. The molecule has 5 rings (SSSR count). The van der Waals surface area contributed by atoms with E-state index in [2.05, 4.69) is 24.6 Å². The van der Waals surface area contributed by atoms with Crippen LogP contribution in [0.5, 0.6) is 5.88 Å². The van der Waals surface area contributed by atoms with Crippen molar-refractivity contribution in [2.75, 3.05) is 13.4 Å². The standard InChI is InChI=1S/C31H31N5O3S2/c1-39-31-23(16-20-10-6-8-12-24(20)36-31)26-18-32-29(34-26)25(35-30(38)21-17-33-41-19-21)13-4-3-5-14-27(37)22-11-7-9-15-28(22)40-2/h6-12,15-19,25H,3-5,13-14H2,1-2H3,(H,32,34)(H,35,38)/t25-/m0/s1. The van der Waals surface area contributed by atoms with Crippen molar-refractivity contribution in [2.45, 2.75) is 43.0 Å². The highest BCUT2D eigenvalue weighted by atomic mass is 32.2. The number of aromatic amines is 1. The molecule has 0 radical (unpaired) electrons. The van der Waals surface area contributed by atoms with Gasteiger partial charge in [-0.2, -0.15) is 0 Å². The third-order valence-electron chi connectivity index (χ3n) is 6.90. The van der Waals surface area contributed by atoms with Crippen LogP contribution in [0, 0.1) is 0 Å². The third kappa shape index (κ3) is 6.83. The molecule has 210 valence electrons. The van der Waals surface area contributed by atoms with Gasteiger partial charge >= 0.3 is 0 Å². The smallest absolute Gasteiger partial charge is 0.254 e. The Kier molecular flexibility index (Phi) is 9.43. The number of hydrogen-bond donors (Lipinski definition) is 2. The van der Waals surface area contributed by atoms with Crippen molar-refractivity contribution in [1.82, 2.24) is 24.6 Å². The van der Waals surface area contributed by atoms with Gasteiger partial charge in [0.05, 0.1) is 47.9 Å². The zero-order valence-corrected chi connectivity index (χ0v) is 24.6. The van der Waals surface area contributed by atoms with Crippen molar-refractivity contribution in [3.63, 3.8) is 0 Å². The first-order chi connectivity index (χ1) is 20.1. The van der Waals surface area contributed by atoms with Crippen molar-refractivity contribution >= 4 is 45.9 Å². The number of Topliss-reactive ketones (excluding diaryl/α,β-unsaturated/α-hetero) is 1. The number of benzene rings is 2. The molecule has 5 aromatic rings. The van der Waals surface area contributed by atoms with Crippen LogP contribution in [-0.2, 0) is 0 Å². The zero-order chi connectivity index (χ0) is 28.6. The molecule has 10 heteroatoms. The number of carbonyl (C=O) groups is 2. The van der Waals surface area contributed by atoms with Crippen molar-refractivity contribution in [2.24, 2.45) is 0 Å². The van der Waals surface area contributed by atoms with Gasteiger partial charge in [0.2, 0.25) is 5.88 Å². The number of ketones is 1. The number of rotatable bonds is 13. The summed E-state index contributed by atoms with van der Waals surface area (Å²) in [6, 6.07) is 17.3. The number of hydrogen-bond acceptors (Lipinski definition) is 8. The Morgan fingerprint density at radius 1 is 1.07 bits per heavy atom. The van der Waals surface area contributed by atoms with E-state index < -0.39 is 0 Å². The summed E-state index contributed by atoms with van der Waals surface area (Å²) in [5.41, 5.74) is 3.70. The van der Waals surface area contributed by atoms with Crippen LogP contribution in [0.2, 0.25) is 0 Å². The van der Waals surface area contributed by atoms with Gasteiger partial charge in [0.1, 0.15) is 5.82 Å². The number of H-pyrrole nitrogens is 1. The fraction of sp³-hybridized carbons (Fsp3) is 0.258. The number of thioether (sulfide) groups is 1. The Bertz CT molecular complexity index is 1630. The van der Waals surface area contributed by atoms with Crippen LogP contribution in [0.25, 0.3) is 22.2 Å². The molecule has 2 aromatic carbocycles. The van der Waals surface area contributed by atoms with Gasteiger partial charge in [-0.15, -0.1) is 11.8 Å². The van der Waals surface area contributed by atoms with Gasteiger partial charge in [-0.1, -0.05) is 49.2 Å². The van der Waals surface area contributed by atoms with Crippen LogP contribution < -0.4 is 10.1 Å². The predicted octanol–water partition coefficient (Wildman–Crippen LogP) is 7.12. The van der Waals surface area contributed by atoms with Crippen LogP contribution in [0.4, 0.5) is 0 Å². The monoisotopic (exact) mass is 585 g/mol. The lowest BCUT2D eigenvalue weighted by Gasteiger charge is -2.16. The summed E-state index contributed by atoms with van der Waals surface area (Å²) in [6.07, 6.45) is 8.91. The molecular formula is C31H31N5O3S2. The number of fused-ring (bicyclic) bond motifs is 1. The molecule has 0 fully saturated rings. The lowest BCUT2D eigenvalue weighted by molar-refractivity contribution is 0.0932. The van der Waals surface area contributed by atoms with E-state index in [-0.39, 0.29) is 17.7 Å². The molecule has 0 unspecified atom stereocenters. The molecule has 3 heterocycles. The average Bonchev–Trinajstić information content (AvgIpc) is 3.73. The Morgan fingerprint density at radius 2 is 1.90 bits per heavy atom. The largest absolute Gasteiger partial charge is 0.480 e. The highest BCUT2D eigenvalue weighted by molar-refractivity contribution is 7.98. The van der Waals surface area contributed by atoms with E-state index in [4.69, 9.17) is 4.74 Å². The molecule has 0 aliphatic carbocycles. The molecule has 0 spiro atoms. The molecule has 3 aromatic heterocycles. The quantitative estimate of drug-likeness (QED) is 0.0860. The second kappa shape index (κ2) is 13.6. The molecule has 1 amide bonds. The van der Waals surface area contributed by atoms with Crippen LogP contribution in [0.3, 0.4) is 0 Å². The van der Waals surface area contributed by atoms with Gasteiger partial charge in [0, 0.05) is 27.6 Å². The minimum Gasteiger partial charge on any atom is -0.480 e. The van der Waals surface area contributed by atoms with Gasteiger partial charge in [0.25, 0.3) is 5.91 Å². The highest BCUT2D eigenvalue weighted by Gasteiger charge is 2.21. The van der Waals surface area contributed by atoms with Gasteiger partial charge in [0.15, 0.2) is 5.78 Å². The van der Waals surface area contributed by atoms with E-state index in [1.54, 1.807) is 36.6 Å². The summed E-state index contributed by atoms with van der Waals surface area (Å²) < 4.78 is 9.64. The number of aromatic nitrogens is 4. The number of para-hydroxylation sites is 1. The predicted molar refractivity (Wildman–Crippen MR) is 164 cm³/mol. The Hall–Kier alpha value is -4.02. The van der Waals surface area contributed by atoms with E-state index in [1.807, 2.05) is 60.9 Å². The summed E-state index contributed by atoms with van der Waals surface area (Å²) >= 11 is 2.83. The number of unbranched alkanes of at least 4 members (excludes halogenated alkanes) is 2. The fourth-order valence-corrected chi connectivity index (χ4v) is 5.89. The summed E-state index contributed by atoms with van der Waals surface area (Å²) in [5.74, 6) is 1.11. The maximum absolute atomic E-state index is 12.9. The number of nitrogens with zero attached hydrogens (tertiary/aromatic N) is 3. The lowest BCUT2D eigenvalue weighted by Crippen LogP contribution is -2.29. The molecule has 0 aliphatic heterocycles. The van der Waals surface area contributed by atoms with Gasteiger partial charge in [-0.25, -0.2) is 14.3 Å². The highest BCUT2D eigenvalue weighted by Crippen LogP contribution is 2.32. The minimum atomic E-state index is -0.344. The van der Waals surface area contributed by atoms with E-state index in [0.717, 1.165) is 51.9 Å². The molecule has 41 heavy (non-hydrogen) atoms. The molecule has 1 atom stereocenters. The second-order valence-electron chi connectivity index (χ2n) is 9.58. The number of imidazole rings is 1. The van der Waals surface area contributed by atoms with Crippen LogP contribution >= 0.6 is 23.3 Å². The topological polar surface area (TPSA) is 110 Å². The molecule has 2 N–H and O–H groups in total. The van der Waals surface area contributed by atoms with E-state index in [9.17, 15) is 9.59 Å². The molecule has 8 nitrogen and oxygen atoms in total. The lowest BCUT2D eigenvalue weighted by atomic mass is 10.0. The number of pyridine rings is 1. The molecule has 0 saturated carbocycles. The maximum Gasteiger partial charge on any atom is 0.254 e. The van der Waals surface area contributed by atoms with Crippen molar-refractivity contribution in [3.05, 3.63) is 89.3 Å². The van der Waals surface area contributed by atoms with Crippen molar-refractivity contribution in [3.8, 4) is 17.1 Å². The summed E-state index contributed by atoms with van der Waals surface area (Å²) in [5, 5.41) is 5.83. The Morgan fingerprint density at radius 3 is 2.71 bits per heavy atom. The first-order valence-electron chi connectivity index (χ1n) is 13.4. The number of nitrogens with one attached hydrogen (secondary N) is 2. The van der Waals surface area contributed by atoms with Crippen LogP contribution in [0.15, 0.2) is 77.3 Å².